The smallest absolute Gasteiger partial charge is 0.173 e. The standard InChI is InChI=1S/C9H10FO3/c1-12-7-2-3-8(10)9(6-7)13-5-4-11/h2,6,11H,4-5H2,1H3. The lowest BCUT2D eigenvalue weighted by atomic mass is 10.3. The van der Waals surface area contributed by atoms with E-state index in [4.69, 9.17) is 14.6 Å². The van der Waals surface area contributed by atoms with Gasteiger partial charge in [-0.25, -0.2) is 4.39 Å². The van der Waals surface area contributed by atoms with Gasteiger partial charge in [0.1, 0.15) is 12.4 Å². The molecular weight excluding hydrogens is 175 g/mol. The molecule has 71 valence electrons. The van der Waals surface area contributed by atoms with Crippen LogP contribution in [0.5, 0.6) is 11.5 Å². The Labute approximate surface area is 75.7 Å². The average Bonchev–Trinajstić information content (AvgIpc) is 2.17. The van der Waals surface area contributed by atoms with E-state index >= 15 is 0 Å². The van der Waals surface area contributed by atoms with Gasteiger partial charge in [-0.1, -0.05) is 0 Å². The summed E-state index contributed by atoms with van der Waals surface area (Å²) in [6, 6.07) is 5.11. The van der Waals surface area contributed by atoms with E-state index in [9.17, 15) is 4.39 Å². The van der Waals surface area contributed by atoms with Crippen LogP contribution >= 0.6 is 0 Å². The van der Waals surface area contributed by atoms with Gasteiger partial charge in [-0.15, -0.1) is 0 Å². The fourth-order valence-electron chi connectivity index (χ4n) is 0.818. The van der Waals surface area contributed by atoms with Crippen LogP contribution in [0.3, 0.4) is 0 Å². The van der Waals surface area contributed by atoms with Crippen molar-refractivity contribution < 1.29 is 19.0 Å². The molecule has 0 spiro atoms. The highest BCUT2D eigenvalue weighted by Crippen LogP contribution is 2.22. The zero-order chi connectivity index (χ0) is 9.68. The van der Waals surface area contributed by atoms with Gasteiger partial charge in [0.2, 0.25) is 0 Å². The molecule has 0 saturated heterocycles. The van der Waals surface area contributed by atoms with Gasteiger partial charge in [-0.3, -0.25) is 0 Å². The largest absolute Gasteiger partial charge is 0.497 e. The van der Waals surface area contributed by atoms with E-state index in [2.05, 4.69) is 6.07 Å². The summed E-state index contributed by atoms with van der Waals surface area (Å²) in [5.41, 5.74) is 0. The quantitative estimate of drug-likeness (QED) is 0.760. The zero-order valence-corrected chi connectivity index (χ0v) is 7.21. The number of benzene rings is 1. The molecule has 0 aliphatic rings. The molecule has 1 radical (unpaired) electrons. The first-order chi connectivity index (χ1) is 6.27. The minimum Gasteiger partial charge on any atom is -0.497 e. The van der Waals surface area contributed by atoms with Crippen LogP contribution in [-0.4, -0.2) is 25.4 Å². The topological polar surface area (TPSA) is 38.7 Å². The molecule has 0 unspecified atom stereocenters. The predicted molar refractivity (Wildman–Crippen MR) is 44.4 cm³/mol. The fourth-order valence-corrected chi connectivity index (χ4v) is 0.818. The Morgan fingerprint density at radius 1 is 1.62 bits per heavy atom. The van der Waals surface area contributed by atoms with E-state index < -0.39 is 5.82 Å². The van der Waals surface area contributed by atoms with Crippen LogP contribution in [0.1, 0.15) is 0 Å². The van der Waals surface area contributed by atoms with Crippen molar-refractivity contribution in [1.82, 2.24) is 0 Å². The summed E-state index contributed by atoms with van der Waals surface area (Å²) >= 11 is 0. The molecule has 0 aromatic heterocycles. The molecule has 1 aromatic rings. The average molecular weight is 185 g/mol. The number of methoxy groups -OCH3 is 1. The molecule has 13 heavy (non-hydrogen) atoms. The van der Waals surface area contributed by atoms with Crippen molar-refractivity contribution in [3.05, 3.63) is 24.0 Å². The van der Waals surface area contributed by atoms with Gasteiger partial charge < -0.3 is 14.6 Å². The second kappa shape index (κ2) is 4.67. The van der Waals surface area contributed by atoms with Gasteiger partial charge in [0, 0.05) is 12.1 Å². The van der Waals surface area contributed by atoms with Crippen LogP contribution < -0.4 is 9.47 Å². The van der Waals surface area contributed by atoms with Crippen molar-refractivity contribution in [3.8, 4) is 11.5 Å². The van der Waals surface area contributed by atoms with Crippen molar-refractivity contribution in [3.63, 3.8) is 0 Å². The molecule has 0 aliphatic heterocycles. The third-order valence-corrected chi connectivity index (χ3v) is 1.42. The minimum atomic E-state index is -0.589. The van der Waals surface area contributed by atoms with Gasteiger partial charge in [0.05, 0.1) is 13.7 Å². The highest BCUT2D eigenvalue weighted by Gasteiger charge is 2.04. The van der Waals surface area contributed by atoms with Crippen LogP contribution in [0.25, 0.3) is 0 Å². The van der Waals surface area contributed by atoms with Crippen LogP contribution in [0.15, 0.2) is 12.1 Å². The highest BCUT2D eigenvalue weighted by molar-refractivity contribution is 5.33. The Morgan fingerprint density at radius 2 is 2.38 bits per heavy atom. The summed E-state index contributed by atoms with van der Waals surface area (Å²) in [6.07, 6.45) is 0. The van der Waals surface area contributed by atoms with E-state index in [0.717, 1.165) is 0 Å². The third-order valence-electron chi connectivity index (χ3n) is 1.42. The lowest BCUT2D eigenvalue weighted by Gasteiger charge is -2.06. The first-order valence-corrected chi connectivity index (χ1v) is 3.77. The molecular formula is C9H10FO3. The third kappa shape index (κ3) is 2.59. The number of rotatable bonds is 4. The van der Waals surface area contributed by atoms with Crippen LogP contribution in [0.4, 0.5) is 4.39 Å². The Bertz CT molecular complexity index is 276. The molecule has 0 amide bonds. The van der Waals surface area contributed by atoms with Gasteiger partial charge >= 0.3 is 0 Å². The molecule has 0 bridgehead atoms. The van der Waals surface area contributed by atoms with Gasteiger partial charge in [0.25, 0.3) is 0 Å². The van der Waals surface area contributed by atoms with E-state index in [0.29, 0.717) is 5.75 Å². The molecule has 1 N–H and O–H groups in total. The van der Waals surface area contributed by atoms with Gasteiger partial charge in [0.15, 0.2) is 11.6 Å². The maximum absolute atomic E-state index is 12.9. The fraction of sp³-hybridized carbons (Fsp3) is 0.333. The Hall–Kier alpha value is -1.29. The molecule has 0 atom stereocenters. The molecule has 1 rings (SSSR count). The SMILES string of the molecule is COc1c[c]c(F)c(OCCO)c1. The number of aliphatic hydroxyl groups is 1. The number of ether oxygens (including phenoxy) is 2. The molecule has 0 fully saturated rings. The molecule has 0 saturated carbocycles. The zero-order valence-electron chi connectivity index (χ0n) is 7.21. The molecule has 0 aliphatic carbocycles. The number of hydrogen-bond donors (Lipinski definition) is 1. The summed E-state index contributed by atoms with van der Waals surface area (Å²) in [4.78, 5) is 0. The second-order valence-electron chi connectivity index (χ2n) is 2.29. The van der Waals surface area contributed by atoms with E-state index in [1.807, 2.05) is 0 Å². The van der Waals surface area contributed by atoms with E-state index in [1.165, 1.54) is 19.2 Å². The molecule has 3 nitrogen and oxygen atoms in total. The van der Waals surface area contributed by atoms with Crippen molar-refractivity contribution >= 4 is 0 Å². The van der Waals surface area contributed by atoms with Crippen LogP contribution in [0, 0.1) is 11.9 Å². The molecule has 1 aromatic carbocycles. The first-order valence-electron chi connectivity index (χ1n) is 3.77. The maximum atomic E-state index is 12.9. The summed E-state index contributed by atoms with van der Waals surface area (Å²) in [6.45, 7) is -0.103. The monoisotopic (exact) mass is 185 g/mol. The van der Waals surface area contributed by atoms with Crippen LogP contribution in [-0.2, 0) is 0 Å². The molecule has 4 heteroatoms. The van der Waals surface area contributed by atoms with Crippen molar-refractivity contribution in [1.29, 1.82) is 0 Å². The minimum absolute atomic E-state index is 0.0356. The Kier molecular flexibility index (Phi) is 3.52. The summed E-state index contributed by atoms with van der Waals surface area (Å²) in [5, 5.41) is 8.46. The normalized spacial score (nSPS) is 9.77. The van der Waals surface area contributed by atoms with Gasteiger partial charge in [-0.05, 0) is 6.07 Å². The second-order valence-corrected chi connectivity index (χ2v) is 2.29. The van der Waals surface area contributed by atoms with Crippen molar-refractivity contribution in [2.45, 2.75) is 0 Å². The molecule has 0 heterocycles. The van der Waals surface area contributed by atoms with Crippen molar-refractivity contribution in [2.24, 2.45) is 0 Å². The lowest BCUT2D eigenvalue weighted by Crippen LogP contribution is -2.03. The lowest BCUT2D eigenvalue weighted by molar-refractivity contribution is 0.196. The number of aliphatic hydroxyl groups excluding tert-OH is 1. The summed E-state index contributed by atoms with van der Waals surface area (Å²) in [5.74, 6) is -0.0861. The number of halogens is 1. The summed E-state index contributed by atoms with van der Waals surface area (Å²) in [7, 11) is 1.47. The van der Waals surface area contributed by atoms with Gasteiger partial charge in [-0.2, -0.15) is 0 Å². The van der Waals surface area contributed by atoms with Crippen LogP contribution in [0.2, 0.25) is 0 Å². The predicted octanol–water partition coefficient (Wildman–Crippen LogP) is 1.01. The maximum Gasteiger partial charge on any atom is 0.173 e. The first kappa shape index (κ1) is 9.80. The van der Waals surface area contributed by atoms with E-state index in [-0.39, 0.29) is 19.0 Å². The number of hydrogen-bond acceptors (Lipinski definition) is 3. The Morgan fingerprint density at radius 3 is 3.00 bits per heavy atom. The van der Waals surface area contributed by atoms with Crippen molar-refractivity contribution in [2.75, 3.05) is 20.3 Å². The highest BCUT2D eigenvalue weighted by atomic mass is 19.1. The summed E-state index contributed by atoms with van der Waals surface area (Å²) < 4.78 is 22.7. The van der Waals surface area contributed by atoms with E-state index in [1.54, 1.807) is 0 Å². The Balaban J connectivity index is 2.78.